The highest BCUT2D eigenvalue weighted by atomic mass is 19.1. The third kappa shape index (κ3) is 5.34. The molecule has 1 amide bonds. The van der Waals surface area contributed by atoms with Crippen LogP contribution in [0, 0.1) is 5.82 Å². The van der Waals surface area contributed by atoms with Crippen molar-refractivity contribution in [3.63, 3.8) is 0 Å². The highest BCUT2D eigenvalue weighted by Gasteiger charge is 2.22. The average Bonchev–Trinajstić information content (AvgIpc) is 2.65. The molecule has 0 aliphatic rings. The number of hydrogen-bond donors (Lipinski definition) is 2. The number of carbonyl (C=O) groups is 3. The SMILES string of the molecule is COC(=O)c1cc(C(C)=O)c(O)c(-c2cccc(CNC(=O)OC(C)(C)C)c2F)c1. The Kier molecular flexibility index (Phi) is 6.81. The highest BCUT2D eigenvalue weighted by molar-refractivity contribution is 6.03. The van der Waals surface area contributed by atoms with Gasteiger partial charge in [-0.25, -0.2) is 14.0 Å². The summed E-state index contributed by atoms with van der Waals surface area (Å²) in [4.78, 5) is 35.7. The lowest BCUT2D eigenvalue weighted by Gasteiger charge is -2.20. The molecule has 0 radical (unpaired) electrons. The Morgan fingerprint density at radius 2 is 1.80 bits per heavy atom. The third-order valence-corrected chi connectivity index (χ3v) is 4.10. The lowest BCUT2D eigenvalue weighted by molar-refractivity contribution is 0.0521. The Labute approximate surface area is 173 Å². The summed E-state index contributed by atoms with van der Waals surface area (Å²) in [5, 5.41) is 13.0. The maximum atomic E-state index is 15.2. The Balaban J connectivity index is 2.46. The fraction of sp³-hybridized carbons (Fsp3) is 0.318. The van der Waals surface area contributed by atoms with E-state index < -0.39 is 35.0 Å². The van der Waals surface area contributed by atoms with Gasteiger partial charge >= 0.3 is 12.1 Å². The number of Topliss-reactive ketones (excluding diaryl/α,β-unsaturated/α-hetero) is 1. The van der Waals surface area contributed by atoms with Gasteiger partial charge in [0.15, 0.2) is 5.78 Å². The monoisotopic (exact) mass is 417 g/mol. The molecule has 0 heterocycles. The number of hydrogen-bond acceptors (Lipinski definition) is 6. The molecule has 0 fully saturated rings. The second-order valence-electron chi connectivity index (χ2n) is 7.60. The van der Waals surface area contributed by atoms with E-state index in [4.69, 9.17) is 4.74 Å². The van der Waals surface area contributed by atoms with Crippen molar-refractivity contribution in [2.45, 2.75) is 39.8 Å². The summed E-state index contributed by atoms with van der Waals surface area (Å²) in [6.45, 7) is 6.18. The number of aromatic hydroxyl groups is 1. The summed E-state index contributed by atoms with van der Waals surface area (Å²) < 4.78 is 25.0. The molecule has 30 heavy (non-hydrogen) atoms. The minimum absolute atomic E-state index is 0.00724. The van der Waals surface area contributed by atoms with Crippen molar-refractivity contribution < 1.29 is 33.4 Å². The molecule has 0 aliphatic heterocycles. The minimum atomic E-state index is -0.734. The Morgan fingerprint density at radius 1 is 1.13 bits per heavy atom. The minimum Gasteiger partial charge on any atom is -0.507 e. The van der Waals surface area contributed by atoms with E-state index in [1.165, 1.54) is 44.4 Å². The summed E-state index contributed by atoms with van der Waals surface area (Å²) in [5.74, 6) is -2.41. The van der Waals surface area contributed by atoms with Crippen LogP contribution in [0.5, 0.6) is 5.75 Å². The van der Waals surface area contributed by atoms with Gasteiger partial charge in [-0.1, -0.05) is 18.2 Å². The molecule has 8 heteroatoms. The number of halogens is 1. The van der Waals surface area contributed by atoms with Crippen molar-refractivity contribution >= 4 is 17.8 Å². The van der Waals surface area contributed by atoms with Crippen LogP contribution in [0.25, 0.3) is 11.1 Å². The zero-order chi connectivity index (χ0) is 22.6. The van der Waals surface area contributed by atoms with E-state index in [1.54, 1.807) is 20.8 Å². The molecule has 0 unspecified atom stereocenters. The molecule has 0 atom stereocenters. The predicted molar refractivity (Wildman–Crippen MR) is 108 cm³/mol. The molecule has 0 saturated heterocycles. The van der Waals surface area contributed by atoms with Gasteiger partial charge in [0.1, 0.15) is 17.2 Å². The van der Waals surface area contributed by atoms with Crippen molar-refractivity contribution in [3.05, 3.63) is 52.8 Å². The number of nitrogens with one attached hydrogen (secondary N) is 1. The fourth-order valence-electron chi connectivity index (χ4n) is 2.75. The normalized spacial score (nSPS) is 11.0. The van der Waals surface area contributed by atoms with Gasteiger partial charge in [0.25, 0.3) is 0 Å². The summed E-state index contributed by atoms with van der Waals surface area (Å²) in [6.07, 6.45) is -0.707. The van der Waals surface area contributed by atoms with Crippen molar-refractivity contribution in [2.24, 2.45) is 0 Å². The van der Waals surface area contributed by atoms with Gasteiger partial charge in [0, 0.05) is 23.2 Å². The van der Waals surface area contributed by atoms with Gasteiger partial charge in [-0.2, -0.15) is 0 Å². The molecule has 2 aromatic carbocycles. The van der Waals surface area contributed by atoms with Crippen LogP contribution < -0.4 is 5.32 Å². The Hall–Kier alpha value is -3.42. The summed E-state index contributed by atoms with van der Waals surface area (Å²) in [5.41, 5.74) is -0.792. The van der Waals surface area contributed by atoms with Crippen LogP contribution in [0.4, 0.5) is 9.18 Å². The maximum absolute atomic E-state index is 15.2. The Morgan fingerprint density at radius 3 is 2.37 bits per heavy atom. The van der Waals surface area contributed by atoms with Crippen LogP contribution in [0.3, 0.4) is 0 Å². The Bertz CT molecular complexity index is 994. The predicted octanol–water partition coefficient (Wildman–Crippen LogP) is 4.21. The third-order valence-electron chi connectivity index (χ3n) is 4.10. The number of ketones is 1. The summed E-state index contributed by atoms with van der Waals surface area (Å²) in [6, 6.07) is 6.83. The first-order chi connectivity index (χ1) is 13.9. The quantitative estimate of drug-likeness (QED) is 0.558. The molecule has 0 aromatic heterocycles. The standard InChI is InChI=1S/C22H24FNO6/c1-12(25)16-9-14(20(27)29-5)10-17(19(16)26)15-8-6-7-13(18(15)23)11-24-21(28)30-22(2,3)4/h6-10,26H,11H2,1-5H3,(H,24,28). The number of carbonyl (C=O) groups excluding carboxylic acids is 3. The van der Waals surface area contributed by atoms with Gasteiger partial charge in [0.05, 0.1) is 18.2 Å². The molecule has 0 bridgehead atoms. The van der Waals surface area contributed by atoms with Crippen LogP contribution in [-0.4, -0.2) is 35.7 Å². The van der Waals surface area contributed by atoms with E-state index in [9.17, 15) is 19.5 Å². The number of phenols is 1. The molecule has 0 aliphatic carbocycles. The topological polar surface area (TPSA) is 102 Å². The molecular weight excluding hydrogens is 393 g/mol. The number of benzene rings is 2. The van der Waals surface area contributed by atoms with Crippen LogP contribution in [0.2, 0.25) is 0 Å². The molecule has 2 rings (SSSR count). The zero-order valence-corrected chi connectivity index (χ0v) is 17.5. The van der Waals surface area contributed by atoms with Gasteiger partial charge in [-0.15, -0.1) is 0 Å². The second-order valence-corrected chi connectivity index (χ2v) is 7.60. The lowest BCUT2D eigenvalue weighted by Crippen LogP contribution is -2.32. The van der Waals surface area contributed by atoms with Crippen LogP contribution >= 0.6 is 0 Å². The van der Waals surface area contributed by atoms with Crippen LogP contribution in [0.15, 0.2) is 30.3 Å². The summed E-state index contributed by atoms with van der Waals surface area (Å²) >= 11 is 0. The highest BCUT2D eigenvalue weighted by Crippen LogP contribution is 2.36. The number of rotatable bonds is 5. The van der Waals surface area contributed by atoms with Gasteiger partial charge in [-0.3, -0.25) is 4.79 Å². The molecular formula is C22H24FNO6. The first kappa shape index (κ1) is 22.9. The van der Waals surface area contributed by atoms with E-state index in [-0.39, 0.29) is 34.4 Å². The smallest absolute Gasteiger partial charge is 0.407 e. The number of phenolic OH excluding ortho intramolecular Hbond substituents is 1. The van der Waals surface area contributed by atoms with E-state index >= 15 is 4.39 Å². The molecule has 7 nitrogen and oxygen atoms in total. The first-order valence-electron chi connectivity index (χ1n) is 9.15. The largest absolute Gasteiger partial charge is 0.507 e. The number of alkyl carbamates (subject to hydrolysis) is 1. The second kappa shape index (κ2) is 8.94. The molecule has 0 spiro atoms. The van der Waals surface area contributed by atoms with Gasteiger partial charge < -0.3 is 19.9 Å². The number of methoxy groups -OCH3 is 1. The fourth-order valence-corrected chi connectivity index (χ4v) is 2.75. The van der Waals surface area contributed by atoms with E-state index in [1.807, 2.05) is 0 Å². The van der Waals surface area contributed by atoms with Crippen LogP contribution in [0.1, 0.15) is 54.0 Å². The number of amides is 1. The molecule has 160 valence electrons. The van der Waals surface area contributed by atoms with Crippen molar-refractivity contribution in [1.82, 2.24) is 5.32 Å². The van der Waals surface area contributed by atoms with Crippen molar-refractivity contribution in [3.8, 4) is 16.9 Å². The van der Waals surface area contributed by atoms with Crippen LogP contribution in [-0.2, 0) is 16.0 Å². The molecule has 2 N–H and O–H groups in total. The lowest BCUT2D eigenvalue weighted by atomic mass is 9.95. The number of ether oxygens (including phenoxy) is 2. The van der Waals surface area contributed by atoms with E-state index in [0.717, 1.165) is 0 Å². The van der Waals surface area contributed by atoms with Gasteiger partial charge in [-0.05, 0) is 39.8 Å². The van der Waals surface area contributed by atoms with E-state index in [0.29, 0.717) is 0 Å². The van der Waals surface area contributed by atoms with Crippen molar-refractivity contribution in [1.29, 1.82) is 0 Å². The first-order valence-corrected chi connectivity index (χ1v) is 9.15. The van der Waals surface area contributed by atoms with E-state index in [2.05, 4.69) is 10.1 Å². The average molecular weight is 417 g/mol. The zero-order valence-electron chi connectivity index (χ0n) is 17.5. The summed E-state index contributed by atoms with van der Waals surface area (Å²) in [7, 11) is 1.17. The molecule has 0 saturated carbocycles. The van der Waals surface area contributed by atoms with Gasteiger partial charge in [0.2, 0.25) is 0 Å². The number of esters is 1. The molecule has 2 aromatic rings. The maximum Gasteiger partial charge on any atom is 0.407 e. The van der Waals surface area contributed by atoms with Crippen molar-refractivity contribution in [2.75, 3.05) is 7.11 Å².